The highest BCUT2D eigenvalue weighted by atomic mass is 16.5. The molecular formula is C13H19NO3. The Morgan fingerprint density at radius 2 is 2.12 bits per heavy atom. The maximum absolute atomic E-state index is 10.6. The van der Waals surface area contributed by atoms with E-state index in [1.54, 1.807) is 7.11 Å². The van der Waals surface area contributed by atoms with Gasteiger partial charge < -0.3 is 9.84 Å². The van der Waals surface area contributed by atoms with Crippen molar-refractivity contribution in [3.63, 3.8) is 0 Å². The summed E-state index contributed by atoms with van der Waals surface area (Å²) in [6, 6.07) is 7.96. The molecule has 0 amide bonds. The zero-order chi connectivity index (χ0) is 12.8. The molecule has 1 N–H and O–H groups in total. The van der Waals surface area contributed by atoms with Gasteiger partial charge in [-0.2, -0.15) is 0 Å². The molecule has 4 nitrogen and oxygen atoms in total. The normalized spacial score (nSPS) is 12.5. The van der Waals surface area contributed by atoms with Crippen LogP contribution < -0.4 is 4.74 Å². The number of hydrogen-bond donors (Lipinski definition) is 1. The Bertz CT molecular complexity index is 379. The summed E-state index contributed by atoms with van der Waals surface area (Å²) in [6.07, 6.45) is 0.772. The van der Waals surface area contributed by atoms with Crippen molar-refractivity contribution >= 4 is 5.97 Å². The number of likely N-dealkylation sites (N-methyl/N-ethyl adjacent to an activating group) is 1. The summed E-state index contributed by atoms with van der Waals surface area (Å²) in [7, 11) is 3.46. The van der Waals surface area contributed by atoms with E-state index in [9.17, 15) is 4.79 Å². The zero-order valence-corrected chi connectivity index (χ0v) is 10.5. The van der Waals surface area contributed by atoms with E-state index in [0.717, 1.165) is 17.7 Å². The maximum Gasteiger partial charge on any atom is 0.317 e. The molecule has 0 unspecified atom stereocenters. The predicted octanol–water partition coefficient (Wildman–Crippen LogP) is 1.64. The van der Waals surface area contributed by atoms with Crippen LogP contribution in [-0.4, -0.2) is 42.7 Å². The van der Waals surface area contributed by atoms with E-state index in [1.807, 2.05) is 43.1 Å². The summed E-state index contributed by atoms with van der Waals surface area (Å²) in [5, 5.41) is 8.73. The molecule has 17 heavy (non-hydrogen) atoms. The minimum Gasteiger partial charge on any atom is -0.496 e. The van der Waals surface area contributed by atoms with Crippen molar-refractivity contribution in [2.24, 2.45) is 0 Å². The second-order valence-electron chi connectivity index (χ2n) is 4.17. The molecule has 94 valence electrons. The van der Waals surface area contributed by atoms with Crippen molar-refractivity contribution in [3.8, 4) is 5.75 Å². The Hall–Kier alpha value is -1.55. The number of rotatable bonds is 6. The van der Waals surface area contributed by atoms with Crippen molar-refractivity contribution in [1.82, 2.24) is 4.90 Å². The summed E-state index contributed by atoms with van der Waals surface area (Å²) in [5.41, 5.74) is 1.10. The Morgan fingerprint density at radius 3 is 2.71 bits per heavy atom. The largest absolute Gasteiger partial charge is 0.496 e. The standard InChI is InChI=1S/C13H19NO3/c1-10(14(2)9-13(15)16)8-11-6-4-5-7-12(11)17-3/h4-7,10H,8-9H2,1-3H3,(H,15,16)/t10-/m0/s1. The molecule has 1 atom stereocenters. The highest BCUT2D eigenvalue weighted by Gasteiger charge is 2.14. The number of carboxylic acid groups (broad SMARTS) is 1. The highest BCUT2D eigenvalue weighted by Crippen LogP contribution is 2.19. The minimum absolute atomic E-state index is 0.0519. The molecule has 1 rings (SSSR count). The first kappa shape index (κ1) is 13.5. The lowest BCUT2D eigenvalue weighted by Crippen LogP contribution is -2.35. The van der Waals surface area contributed by atoms with E-state index in [-0.39, 0.29) is 12.6 Å². The average molecular weight is 237 g/mol. The van der Waals surface area contributed by atoms with Crippen LogP contribution in [0, 0.1) is 0 Å². The molecule has 0 fully saturated rings. The SMILES string of the molecule is COc1ccccc1C[C@H](C)N(C)CC(=O)O. The van der Waals surface area contributed by atoms with Gasteiger partial charge in [0.2, 0.25) is 0 Å². The van der Waals surface area contributed by atoms with Crippen LogP contribution in [0.1, 0.15) is 12.5 Å². The van der Waals surface area contributed by atoms with Gasteiger partial charge in [0.05, 0.1) is 13.7 Å². The second kappa shape index (κ2) is 6.25. The van der Waals surface area contributed by atoms with Gasteiger partial charge in [0, 0.05) is 6.04 Å². The van der Waals surface area contributed by atoms with Gasteiger partial charge in [-0.15, -0.1) is 0 Å². The first-order valence-corrected chi connectivity index (χ1v) is 5.58. The third-order valence-corrected chi connectivity index (χ3v) is 2.84. The molecule has 0 spiro atoms. The molecule has 1 aromatic rings. The smallest absolute Gasteiger partial charge is 0.317 e. The maximum atomic E-state index is 10.6. The van der Waals surface area contributed by atoms with Gasteiger partial charge in [-0.05, 0) is 32.0 Å². The fraction of sp³-hybridized carbons (Fsp3) is 0.462. The van der Waals surface area contributed by atoms with Crippen LogP contribution >= 0.6 is 0 Å². The lowest BCUT2D eigenvalue weighted by atomic mass is 10.1. The minimum atomic E-state index is -0.806. The third kappa shape index (κ3) is 4.07. The lowest BCUT2D eigenvalue weighted by Gasteiger charge is -2.23. The van der Waals surface area contributed by atoms with E-state index >= 15 is 0 Å². The van der Waals surface area contributed by atoms with Gasteiger partial charge >= 0.3 is 5.97 Å². The van der Waals surface area contributed by atoms with Crippen LogP contribution in [0.5, 0.6) is 5.75 Å². The van der Waals surface area contributed by atoms with Crippen LogP contribution in [0.3, 0.4) is 0 Å². The molecule has 1 aromatic carbocycles. The Balaban J connectivity index is 2.66. The van der Waals surface area contributed by atoms with Crippen molar-refractivity contribution in [3.05, 3.63) is 29.8 Å². The summed E-state index contributed by atoms with van der Waals surface area (Å²) in [6.45, 7) is 2.06. The van der Waals surface area contributed by atoms with Gasteiger partial charge in [0.1, 0.15) is 5.75 Å². The van der Waals surface area contributed by atoms with Crippen molar-refractivity contribution < 1.29 is 14.6 Å². The fourth-order valence-electron chi connectivity index (χ4n) is 1.71. The van der Waals surface area contributed by atoms with Crippen LogP contribution in [-0.2, 0) is 11.2 Å². The van der Waals surface area contributed by atoms with E-state index in [0.29, 0.717) is 0 Å². The van der Waals surface area contributed by atoms with Gasteiger partial charge in [0.25, 0.3) is 0 Å². The topological polar surface area (TPSA) is 49.8 Å². The molecule has 0 aromatic heterocycles. The number of nitrogens with zero attached hydrogens (tertiary/aromatic N) is 1. The molecule has 0 radical (unpaired) electrons. The van der Waals surface area contributed by atoms with Gasteiger partial charge in [-0.1, -0.05) is 18.2 Å². The number of para-hydroxylation sites is 1. The van der Waals surface area contributed by atoms with Crippen LogP contribution in [0.4, 0.5) is 0 Å². The van der Waals surface area contributed by atoms with E-state index in [1.165, 1.54) is 0 Å². The van der Waals surface area contributed by atoms with E-state index in [2.05, 4.69) is 0 Å². The summed E-state index contributed by atoms with van der Waals surface area (Å²) in [5.74, 6) is 0.0439. The molecule has 0 aliphatic carbocycles. The van der Waals surface area contributed by atoms with Gasteiger partial charge in [0.15, 0.2) is 0 Å². The molecule has 4 heteroatoms. The first-order chi connectivity index (χ1) is 8.04. The Morgan fingerprint density at radius 1 is 1.47 bits per heavy atom. The average Bonchev–Trinajstić information content (AvgIpc) is 2.28. The molecular weight excluding hydrogens is 218 g/mol. The number of carbonyl (C=O) groups is 1. The summed E-state index contributed by atoms with van der Waals surface area (Å²) < 4.78 is 5.27. The predicted molar refractivity (Wildman–Crippen MR) is 66.4 cm³/mol. The van der Waals surface area contributed by atoms with E-state index in [4.69, 9.17) is 9.84 Å². The molecule has 0 saturated carbocycles. The summed E-state index contributed by atoms with van der Waals surface area (Å²) in [4.78, 5) is 12.4. The lowest BCUT2D eigenvalue weighted by molar-refractivity contribution is -0.138. The van der Waals surface area contributed by atoms with Crippen molar-refractivity contribution in [1.29, 1.82) is 0 Å². The third-order valence-electron chi connectivity index (χ3n) is 2.84. The number of aliphatic carboxylic acids is 1. The van der Waals surface area contributed by atoms with Crippen LogP contribution in [0.25, 0.3) is 0 Å². The molecule has 0 saturated heterocycles. The molecule has 0 bridgehead atoms. The number of hydrogen-bond acceptors (Lipinski definition) is 3. The fourth-order valence-corrected chi connectivity index (χ4v) is 1.71. The monoisotopic (exact) mass is 237 g/mol. The number of benzene rings is 1. The number of carboxylic acids is 1. The Labute approximate surface area is 102 Å². The van der Waals surface area contributed by atoms with Crippen molar-refractivity contribution in [2.75, 3.05) is 20.7 Å². The van der Waals surface area contributed by atoms with Gasteiger partial charge in [-0.3, -0.25) is 9.69 Å². The van der Waals surface area contributed by atoms with Crippen molar-refractivity contribution in [2.45, 2.75) is 19.4 Å². The van der Waals surface area contributed by atoms with Crippen LogP contribution in [0.2, 0.25) is 0 Å². The first-order valence-electron chi connectivity index (χ1n) is 5.58. The molecule has 0 heterocycles. The van der Waals surface area contributed by atoms with Gasteiger partial charge in [-0.25, -0.2) is 0 Å². The number of methoxy groups -OCH3 is 1. The zero-order valence-electron chi connectivity index (χ0n) is 10.5. The Kier molecular flexibility index (Phi) is 4.97. The quantitative estimate of drug-likeness (QED) is 0.817. The summed E-state index contributed by atoms with van der Waals surface area (Å²) >= 11 is 0. The highest BCUT2D eigenvalue weighted by molar-refractivity contribution is 5.69. The van der Waals surface area contributed by atoms with Crippen LogP contribution in [0.15, 0.2) is 24.3 Å². The molecule has 0 aliphatic rings. The number of ether oxygens (including phenoxy) is 1. The van der Waals surface area contributed by atoms with E-state index < -0.39 is 5.97 Å². The second-order valence-corrected chi connectivity index (χ2v) is 4.17. The molecule has 0 aliphatic heterocycles.